The minimum absolute atomic E-state index is 0.473. The first-order chi connectivity index (χ1) is 13.6. The van der Waals surface area contributed by atoms with Gasteiger partial charge >= 0.3 is 176 Å². The molecule has 2 aromatic carbocycles. The zero-order valence-electron chi connectivity index (χ0n) is 14.3. The predicted octanol–water partition coefficient (Wildman–Crippen LogP) is 2.81. The number of oxazole rings is 1. The Morgan fingerprint density at radius 3 is 2.79 bits per heavy atom. The Kier molecular flexibility index (Phi) is 4.14. The number of hydrogen-bond acceptors (Lipinski definition) is 5. The number of nitrogens with zero attached hydrogens (tertiary/aromatic N) is 3. The fourth-order valence-electron chi connectivity index (χ4n) is 3.22. The van der Waals surface area contributed by atoms with Crippen LogP contribution in [0.3, 0.4) is 0 Å². The van der Waals surface area contributed by atoms with Crippen molar-refractivity contribution in [2.45, 2.75) is 0 Å². The molecule has 0 radical (unpaired) electrons. The molecule has 8 heteroatoms. The van der Waals surface area contributed by atoms with Gasteiger partial charge in [-0.3, -0.25) is 0 Å². The fraction of sp³-hybridized carbons (Fsp3) is 0. The number of nitrogens with one attached hydrogen (secondary N) is 1. The van der Waals surface area contributed by atoms with Gasteiger partial charge in [0.1, 0.15) is 0 Å². The van der Waals surface area contributed by atoms with Crippen LogP contribution < -0.4 is 10.2 Å². The monoisotopic (exact) mass is 494 g/mol. The molecule has 0 aliphatic heterocycles. The van der Waals surface area contributed by atoms with E-state index in [-0.39, 0.29) is 0 Å². The summed E-state index contributed by atoms with van der Waals surface area (Å²) in [4.78, 5) is 27.6. The molecule has 5 aromatic rings. The van der Waals surface area contributed by atoms with Crippen LogP contribution in [-0.2, 0) is 0 Å². The van der Waals surface area contributed by atoms with Crippen LogP contribution in [0.4, 0.5) is 0 Å². The second-order valence-corrected chi connectivity index (χ2v) is 8.31. The first kappa shape index (κ1) is 17.3. The molecule has 3 heterocycles. The summed E-state index contributed by atoms with van der Waals surface area (Å²) in [6.45, 7) is 0. The van der Waals surface area contributed by atoms with Crippen LogP contribution in [0.25, 0.3) is 44.5 Å². The van der Waals surface area contributed by atoms with Crippen LogP contribution in [0.1, 0.15) is 0 Å². The third kappa shape index (κ3) is 2.97. The van der Waals surface area contributed by atoms with Gasteiger partial charge in [-0.05, 0) is 0 Å². The summed E-state index contributed by atoms with van der Waals surface area (Å²) in [7, 11) is 0. The van der Waals surface area contributed by atoms with Gasteiger partial charge in [0.05, 0.1) is 0 Å². The van der Waals surface area contributed by atoms with Crippen molar-refractivity contribution < 1.29 is 4.42 Å². The molecule has 0 amide bonds. The molecule has 0 saturated heterocycles. The van der Waals surface area contributed by atoms with Gasteiger partial charge in [-0.1, -0.05) is 0 Å². The topological polar surface area (TPSA) is 84.7 Å². The van der Waals surface area contributed by atoms with E-state index in [0.29, 0.717) is 16.7 Å². The van der Waals surface area contributed by atoms with Crippen molar-refractivity contribution >= 4 is 59.4 Å². The predicted molar refractivity (Wildman–Crippen MR) is 114 cm³/mol. The number of pyridine rings is 1. The molecule has 3 aromatic heterocycles. The molecule has 136 valence electrons. The van der Waals surface area contributed by atoms with Gasteiger partial charge in [-0.25, -0.2) is 0 Å². The Balaban J connectivity index is 1.81. The van der Waals surface area contributed by atoms with E-state index >= 15 is 0 Å². The SMILES string of the molecule is O=c1[nH]c2ccc(-c3cc(-c4cccc(Br)c4)c4c([AsH2])ncnc4n3)cc2o1. The first-order valence-corrected chi connectivity index (χ1v) is 10.4. The molecule has 1 N–H and O–H groups in total. The molecule has 6 nitrogen and oxygen atoms in total. The molecule has 1 atom stereocenters. The van der Waals surface area contributed by atoms with Crippen molar-refractivity contribution in [2.24, 2.45) is 0 Å². The summed E-state index contributed by atoms with van der Waals surface area (Å²) in [6, 6.07) is 15.7. The summed E-state index contributed by atoms with van der Waals surface area (Å²) in [6.07, 6.45) is 1.54. The summed E-state index contributed by atoms with van der Waals surface area (Å²) in [5.41, 5.74) is 5.44. The molecule has 5 rings (SSSR count). The third-order valence-electron chi connectivity index (χ3n) is 4.49. The van der Waals surface area contributed by atoms with Crippen LogP contribution in [0.15, 0.2) is 68.5 Å². The van der Waals surface area contributed by atoms with E-state index in [4.69, 9.17) is 9.40 Å². The molecule has 0 spiro atoms. The van der Waals surface area contributed by atoms with Crippen LogP contribution in [0, 0.1) is 0 Å². The van der Waals surface area contributed by atoms with E-state index in [1.165, 1.54) is 23.2 Å². The Labute approximate surface area is 175 Å². The van der Waals surface area contributed by atoms with Crippen molar-refractivity contribution in [2.75, 3.05) is 0 Å². The number of benzene rings is 2. The molecule has 0 bridgehead atoms. The Bertz CT molecular complexity index is 1430. The van der Waals surface area contributed by atoms with E-state index in [1.54, 1.807) is 0 Å². The molecule has 28 heavy (non-hydrogen) atoms. The van der Waals surface area contributed by atoms with E-state index in [2.05, 4.69) is 43.0 Å². The second-order valence-electron chi connectivity index (χ2n) is 6.25. The van der Waals surface area contributed by atoms with E-state index in [0.717, 1.165) is 36.7 Å². The number of aromatic amines is 1. The summed E-state index contributed by atoms with van der Waals surface area (Å²) in [5, 5.41) is 0.943. The molecular weight excluding hydrogens is 483 g/mol. The zero-order valence-corrected chi connectivity index (χ0v) is 18.3. The van der Waals surface area contributed by atoms with Gasteiger partial charge in [0.25, 0.3) is 0 Å². The van der Waals surface area contributed by atoms with Gasteiger partial charge in [-0.2, -0.15) is 0 Å². The van der Waals surface area contributed by atoms with Crippen molar-refractivity contribution in [1.82, 2.24) is 19.9 Å². The van der Waals surface area contributed by atoms with E-state index in [1.807, 2.05) is 36.4 Å². The van der Waals surface area contributed by atoms with Gasteiger partial charge in [0.15, 0.2) is 0 Å². The fourth-order valence-corrected chi connectivity index (χ4v) is 4.36. The zero-order chi connectivity index (χ0) is 19.3. The molecule has 1 unspecified atom stereocenters. The quantitative estimate of drug-likeness (QED) is 0.381. The Morgan fingerprint density at radius 1 is 1.04 bits per heavy atom. The number of hydrogen-bond donors (Lipinski definition) is 1. The molecule has 0 aliphatic rings. The molecular formula is C20H12AsBrN4O2. The average molecular weight is 495 g/mol. The van der Waals surface area contributed by atoms with E-state index in [9.17, 15) is 4.79 Å². The second kappa shape index (κ2) is 6.69. The Morgan fingerprint density at radius 2 is 1.93 bits per heavy atom. The first-order valence-electron chi connectivity index (χ1n) is 8.39. The molecule has 0 aliphatic carbocycles. The van der Waals surface area contributed by atoms with Crippen molar-refractivity contribution in [3.63, 3.8) is 0 Å². The van der Waals surface area contributed by atoms with Crippen LogP contribution in [0.5, 0.6) is 0 Å². The number of H-pyrrole nitrogens is 1. The number of halogens is 1. The molecule has 0 fully saturated rings. The van der Waals surface area contributed by atoms with E-state index < -0.39 is 5.76 Å². The maximum atomic E-state index is 11.5. The van der Waals surface area contributed by atoms with Gasteiger partial charge in [0, 0.05) is 0 Å². The number of fused-ring (bicyclic) bond motifs is 2. The van der Waals surface area contributed by atoms with Crippen LogP contribution >= 0.6 is 15.9 Å². The van der Waals surface area contributed by atoms with Crippen LogP contribution in [0.2, 0.25) is 0 Å². The third-order valence-corrected chi connectivity index (χ3v) is 5.90. The summed E-state index contributed by atoms with van der Waals surface area (Å²) < 4.78 is 7.12. The number of rotatable bonds is 2. The van der Waals surface area contributed by atoms with Crippen molar-refractivity contribution in [1.29, 1.82) is 0 Å². The van der Waals surface area contributed by atoms with Gasteiger partial charge < -0.3 is 0 Å². The summed E-state index contributed by atoms with van der Waals surface area (Å²) in [5.74, 6) is -0.473. The summed E-state index contributed by atoms with van der Waals surface area (Å²) >= 11 is 4.97. The maximum absolute atomic E-state index is 11.5. The average Bonchev–Trinajstić information content (AvgIpc) is 3.06. The minimum atomic E-state index is -0.473. The van der Waals surface area contributed by atoms with Crippen molar-refractivity contribution in [3.8, 4) is 22.4 Å². The normalized spacial score (nSPS) is 11.4. The van der Waals surface area contributed by atoms with Crippen LogP contribution in [-0.4, -0.2) is 36.8 Å². The number of aromatic nitrogens is 4. The standard InChI is InChI=1S/C20H12AsBrN4O2/c21-18-17-13(10-2-1-3-12(22)6-10)8-15(25-19(17)24-9-23-18)11-4-5-14-16(7-11)28-20(27)26-14/h1-9H,21H2,(H,26,27). The van der Waals surface area contributed by atoms with Gasteiger partial charge in [-0.15, -0.1) is 0 Å². The van der Waals surface area contributed by atoms with Crippen molar-refractivity contribution in [3.05, 3.63) is 69.9 Å². The van der Waals surface area contributed by atoms with Gasteiger partial charge in [0.2, 0.25) is 0 Å². The molecule has 0 saturated carbocycles. The Hall–Kier alpha value is -2.76.